The maximum Gasteiger partial charge on any atom is 0.303 e. The molecule has 0 amide bonds. The smallest absolute Gasteiger partial charge is 0.303 e. The molecule has 156 valence electrons. The van der Waals surface area contributed by atoms with Gasteiger partial charge in [0.15, 0.2) is 0 Å². The predicted molar refractivity (Wildman–Crippen MR) is 106 cm³/mol. The van der Waals surface area contributed by atoms with E-state index in [0.29, 0.717) is 44.9 Å². The lowest BCUT2D eigenvalue weighted by atomic mass is 9.86. The van der Waals surface area contributed by atoms with E-state index in [-0.39, 0.29) is 24.0 Å². The van der Waals surface area contributed by atoms with Crippen molar-refractivity contribution >= 4 is 11.8 Å². The van der Waals surface area contributed by atoms with Gasteiger partial charge >= 0.3 is 5.97 Å². The lowest BCUT2D eigenvalue weighted by Crippen LogP contribution is -2.22. The molecule has 0 aromatic rings. The molecule has 0 heterocycles. The first kappa shape index (κ1) is 23.8. The second kappa shape index (κ2) is 13.9. The highest BCUT2D eigenvalue weighted by atomic mass is 16.4. The Morgan fingerprint density at radius 2 is 1.59 bits per heavy atom. The highest BCUT2D eigenvalue weighted by Gasteiger charge is 2.40. The largest absolute Gasteiger partial charge is 0.481 e. The molecule has 0 bridgehead atoms. The Balaban J connectivity index is 2.32. The minimum atomic E-state index is -0.784. The minimum absolute atomic E-state index is 0.0203. The molecule has 3 N–H and O–H groups in total. The van der Waals surface area contributed by atoms with Crippen LogP contribution in [0.2, 0.25) is 0 Å². The standard InChI is InChI=1S/C22H38O5/c1-2-3-4-5-8-11-17(23)14-15-19-18(20(24)16-21(19)25)12-9-6-7-10-13-22(26)27/h6,9,18-21,24-25H,2-5,7-8,10-16H2,1H3,(H,26,27)/b9-6+/t18-,19-,20+,21-/m1/s1. The van der Waals surface area contributed by atoms with E-state index in [1.165, 1.54) is 19.3 Å². The zero-order valence-corrected chi connectivity index (χ0v) is 16.8. The predicted octanol–water partition coefficient (Wildman–Crippen LogP) is 4.26. The van der Waals surface area contributed by atoms with Crippen LogP contribution in [0.5, 0.6) is 0 Å². The van der Waals surface area contributed by atoms with E-state index in [1.54, 1.807) is 0 Å². The summed E-state index contributed by atoms with van der Waals surface area (Å²) in [5.74, 6) is -0.573. The van der Waals surface area contributed by atoms with Gasteiger partial charge in [-0.15, -0.1) is 0 Å². The molecule has 1 saturated carbocycles. The van der Waals surface area contributed by atoms with Gasteiger partial charge in [-0.3, -0.25) is 9.59 Å². The zero-order chi connectivity index (χ0) is 20.1. The molecule has 0 saturated heterocycles. The van der Waals surface area contributed by atoms with Crippen molar-refractivity contribution in [1.29, 1.82) is 0 Å². The van der Waals surface area contributed by atoms with Crippen LogP contribution in [0.4, 0.5) is 0 Å². The SMILES string of the molecule is CCCCCCCC(=O)CC[C@@H]1[C@@H](C/C=C/CCCC(=O)O)[C@@H](O)C[C@H]1O. The number of rotatable bonds is 15. The first-order valence-electron chi connectivity index (χ1n) is 10.7. The number of unbranched alkanes of at least 4 members (excludes halogenated alkanes) is 5. The molecule has 1 aliphatic carbocycles. The van der Waals surface area contributed by atoms with Gasteiger partial charge in [-0.2, -0.15) is 0 Å². The van der Waals surface area contributed by atoms with Crippen molar-refractivity contribution in [2.45, 2.75) is 103 Å². The monoisotopic (exact) mass is 382 g/mol. The average Bonchev–Trinajstić information content (AvgIpc) is 2.88. The number of carbonyl (C=O) groups excluding carboxylic acids is 1. The first-order valence-corrected chi connectivity index (χ1v) is 10.7. The molecule has 27 heavy (non-hydrogen) atoms. The van der Waals surface area contributed by atoms with Crippen molar-refractivity contribution in [3.63, 3.8) is 0 Å². The van der Waals surface area contributed by atoms with Gasteiger partial charge in [0.25, 0.3) is 0 Å². The van der Waals surface area contributed by atoms with Gasteiger partial charge in [0.1, 0.15) is 5.78 Å². The molecule has 0 aromatic carbocycles. The molecule has 1 fully saturated rings. The van der Waals surface area contributed by atoms with Gasteiger partial charge < -0.3 is 15.3 Å². The third-order valence-corrected chi connectivity index (χ3v) is 5.67. The summed E-state index contributed by atoms with van der Waals surface area (Å²) in [5.41, 5.74) is 0. The second-order valence-electron chi connectivity index (χ2n) is 7.93. The van der Waals surface area contributed by atoms with Crippen molar-refractivity contribution in [2.75, 3.05) is 0 Å². The van der Waals surface area contributed by atoms with Gasteiger partial charge in [0.2, 0.25) is 0 Å². The number of allylic oxidation sites excluding steroid dienone is 2. The summed E-state index contributed by atoms with van der Waals surface area (Å²) >= 11 is 0. The van der Waals surface area contributed by atoms with Crippen LogP contribution in [0.15, 0.2) is 12.2 Å². The summed E-state index contributed by atoms with van der Waals surface area (Å²) < 4.78 is 0. The zero-order valence-electron chi connectivity index (χ0n) is 16.8. The lowest BCUT2D eigenvalue weighted by Gasteiger charge is -2.22. The Morgan fingerprint density at radius 3 is 2.30 bits per heavy atom. The first-order chi connectivity index (χ1) is 13.0. The molecular formula is C22H38O5. The number of hydrogen-bond acceptors (Lipinski definition) is 4. The Labute approximate surface area is 163 Å². The number of aliphatic hydroxyl groups excluding tert-OH is 2. The topological polar surface area (TPSA) is 94.8 Å². The minimum Gasteiger partial charge on any atom is -0.481 e. The molecule has 0 aliphatic heterocycles. The summed E-state index contributed by atoms with van der Waals surface area (Å²) in [6.07, 6.45) is 12.8. The number of hydrogen-bond donors (Lipinski definition) is 3. The van der Waals surface area contributed by atoms with E-state index in [4.69, 9.17) is 5.11 Å². The van der Waals surface area contributed by atoms with E-state index in [1.807, 2.05) is 12.2 Å². The van der Waals surface area contributed by atoms with Crippen LogP contribution in [0.1, 0.15) is 90.4 Å². The molecule has 0 spiro atoms. The van der Waals surface area contributed by atoms with Crippen LogP contribution >= 0.6 is 0 Å². The van der Waals surface area contributed by atoms with E-state index >= 15 is 0 Å². The van der Waals surface area contributed by atoms with Crippen LogP contribution in [-0.2, 0) is 9.59 Å². The summed E-state index contributed by atoms with van der Waals surface area (Å²) in [5, 5.41) is 29.1. The van der Waals surface area contributed by atoms with Crippen LogP contribution in [0.25, 0.3) is 0 Å². The molecule has 1 rings (SSSR count). The fourth-order valence-corrected chi connectivity index (χ4v) is 4.03. The Bertz CT molecular complexity index is 460. The second-order valence-corrected chi connectivity index (χ2v) is 7.93. The van der Waals surface area contributed by atoms with Crippen LogP contribution in [0.3, 0.4) is 0 Å². The fourth-order valence-electron chi connectivity index (χ4n) is 4.03. The molecule has 1 aliphatic rings. The molecule has 5 heteroatoms. The van der Waals surface area contributed by atoms with Gasteiger partial charge in [-0.05, 0) is 50.4 Å². The molecule has 0 radical (unpaired) electrons. The van der Waals surface area contributed by atoms with Gasteiger partial charge in [-0.1, -0.05) is 44.8 Å². The van der Waals surface area contributed by atoms with Crippen molar-refractivity contribution in [3.05, 3.63) is 12.2 Å². The third-order valence-electron chi connectivity index (χ3n) is 5.67. The fraction of sp³-hybridized carbons (Fsp3) is 0.818. The number of Topliss-reactive ketones (excluding diaryl/α,β-unsaturated/α-hetero) is 1. The number of carbonyl (C=O) groups is 2. The summed E-state index contributed by atoms with van der Waals surface area (Å²) in [6.45, 7) is 2.17. The number of aliphatic carboxylic acids is 1. The molecule has 0 aromatic heterocycles. The summed E-state index contributed by atoms with van der Waals surface area (Å²) in [6, 6.07) is 0. The molecule has 0 unspecified atom stereocenters. The van der Waals surface area contributed by atoms with Crippen molar-refractivity contribution < 1.29 is 24.9 Å². The van der Waals surface area contributed by atoms with E-state index in [9.17, 15) is 19.8 Å². The van der Waals surface area contributed by atoms with E-state index < -0.39 is 18.2 Å². The molecular weight excluding hydrogens is 344 g/mol. The third kappa shape index (κ3) is 10.1. The quantitative estimate of drug-likeness (QED) is 0.291. The lowest BCUT2D eigenvalue weighted by molar-refractivity contribution is -0.137. The van der Waals surface area contributed by atoms with Gasteiger partial charge in [-0.25, -0.2) is 0 Å². The summed E-state index contributed by atoms with van der Waals surface area (Å²) in [4.78, 5) is 22.6. The highest BCUT2D eigenvalue weighted by molar-refractivity contribution is 5.78. The van der Waals surface area contributed by atoms with Crippen molar-refractivity contribution in [3.8, 4) is 0 Å². The Morgan fingerprint density at radius 1 is 0.889 bits per heavy atom. The van der Waals surface area contributed by atoms with Gasteiger partial charge in [0.05, 0.1) is 12.2 Å². The van der Waals surface area contributed by atoms with Crippen molar-refractivity contribution in [2.24, 2.45) is 11.8 Å². The number of carboxylic acid groups (broad SMARTS) is 1. The number of carboxylic acids is 1. The van der Waals surface area contributed by atoms with E-state index in [2.05, 4.69) is 6.92 Å². The summed E-state index contributed by atoms with van der Waals surface area (Å²) in [7, 11) is 0. The van der Waals surface area contributed by atoms with Crippen molar-refractivity contribution in [1.82, 2.24) is 0 Å². The van der Waals surface area contributed by atoms with Crippen LogP contribution in [-0.4, -0.2) is 39.3 Å². The number of aliphatic hydroxyl groups is 2. The number of ketones is 1. The normalized spacial score (nSPS) is 25.3. The molecule has 5 nitrogen and oxygen atoms in total. The highest BCUT2D eigenvalue weighted by Crippen LogP contribution is 2.38. The van der Waals surface area contributed by atoms with Crippen LogP contribution in [0, 0.1) is 11.8 Å². The maximum atomic E-state index is 12.1. The Hall–Kier alpha value is -1.20. The van der Waals surface area contributed by atoms with E-state index in [0.717, 1.165) is 12.8 Å². The van der Waals surface area contributed by atoms with Gasteiger partial charge in [0, 0.05) is 19.3 Å². The average molecular weight is 383 g/mol. The van der Waals surface area contributed by atoms with Crippen LogP contribution < -0.4 is 0 Å². The molecule has 4 atom stereocenters. The Kier molecular flexibility index (Phi) is 12.3. The maximum absolute atomic E-state index is 12.1.